The van der Waals surface area contributed by atoms with Crippen LogP contribution in [0.25, 0.3) is 92.7 Å². The predicted molar refractivity (Wildman–Crippen MR) is 258 cm³/mol. The summed E-state index contributed by atoms with van der Waals surface area (Å²) in [4.78, 5) is 5.53. The number of fused-ring (bicyclic) bond motifs is 12. The van der Waals surface area contributed by atoms with Gasteiger partial charge in [-0.2, -0.15) is 0 Å². The highest BCUT2D eigenvalue weighted by Gasteiger charge is 2.32. The van der Waals surface area contributed by atoms with Crippen molar-refractivity contribution in [3.63, 3.8) is 0 Å². The smallest absolute Gasteiger partial charge is 0.141 e. The fourth-order valence-corrected chi connectivity index (χ4v) is 10.5. The fourth-order valence-electron chi connectivity index (χ4n) is 10.5. The van der Waals surface area contributed by atoms with E-state index in [1.54, 1.807) is 0 Å². The Bertz CT molecular complexity index is 3840. The lowest BCUT2D eigenvalue weighted by Crippen LogP contribution is -2.23. The molecule has 13 rings (SSSR count). The van der Waals surface area contributed by atoms with Crippen molar-refractivity contribution in [3.8, 4) is 16.8 Å². The average molecular weight is 776 g/mol. The van der Waals surface area contributed by atoms with Gasteiger partial charge in [-0.3, -0.25) is 4.57 Å². The summed E-state index contributed by atoms with van der Waals surface area (Å²) in [5.41, 5.74) is 12.5. The van der Waals surface area contributed by atoms with Gasteiger partial charge in [0.1, 0.15) is 5.84 Å². The Morgan fingerprint density at radius 3 is 1.90 bits per heavy atom. The van der Waals surface area contributed by atoms with Crippen LogP contribution in [0.4, 0.5) is 5.69 Å². The van der Waals surface area contributed by atoms with Crippen LogP contribution in [0.3, 0.4) is 0 Å². The second kappa shape index (κ2) is 13.0. The Kier molecular flexibility index (Phi) is 7.22. The number of hydrogen-bond acceptors (Lipinski definition) is 1. The maximum Gasteiger partial charge on any atom is 0.141 e. The Morgan fingerprint density at radius 2 is 1.05 bits per heavy atom. The van der Waals surface area contributed by atoms with Crippen molar-refractivity contribution >= 4 is 87.5 Å². The number of rotatable bonds is 3. The number of hydrogen-bond donors (Lipinski definition) is 0. The van der Waals surface area contributed by atoms with Crippen LogP contribution >= 0.6 is 0 Å². The summed E-state index contributed by atoms with van der Waals surface area (Å²) in [5, 5.41) is 12.2. The molecule has 3 heterocycles. The van der Waals surface area contributed by atoms with Gasteiger partial charge in [0.2, 0.25) is 0 Å². The van der Waals surface area contributed by atoms with Gasteiger partial charge >= 0.3 is 0 Å². The number of aliphatic imine (C=N–C) groups is 1. The Hall–Kier alpha value is -8.01. The zero-order valence-corrected chi connectivity index (χ0v) is 33.3. The van der Waals surface area contributed by atoms with E-state index in [1.807, 2.05) is 0 Å². The second-order valence-electron chi connectivity index (χ2n) is 16.3. The first-order chi connectivity index (χ1) is 30.2. The first kappa shape index (κ1) is 33.9. The van der Waals surface area contributed by atoms with Crippen molar-refractivity contribution in [1.29, 1.82) is 0 Å². The summed E-state index contributed by atoms with van der Waals surface area (Å²) < 4.78 is 4.85. The van der Waals surface area contributed by atoms with E-state index < -0.39 is 0 Å². The number of aromatic nitrogens is 2. The number of para-hydroxylation sites is 2. The van der Waals surface area contributed by atoms with E-state index in [4.69, 9.17) is 11.6 Å². The van der Waals surface area contributed by atoms with Crippen LogP contribution in [0, 0.1) is 0 Å². The molecular weight excluding hydrogens is 739 g/mol. The molecule has 12 aromatic rings. The highest BCUT2D eigenvalue weighted by molar-refractivity contribution is 6.26. The molecule has 0 amide bonds. The van der Waals surface area contributed by atoms with Crippen LogP contribution in [-0.2, 0) is 0 Å². The highest BCUT2D eigenvalue weighted by Crippen LogP contribution is 2.47. The van der Waals surface area contributed by atoms with Crippen molar-refractivity contribution in [3.05, 3.63) is 230 Å². The van der Waals surface area contributed by atoms with Crippen molar-refractivity contribution < 1.29 is 0 Å². The van der Waals surface area contributed by atoms with Gasteiger partial charge in [-0.05, 0) is 85.6 Å². The summed E-state index contributed by atoms with van der Waals surface area (Å²) in [6.45, 7) is 4.97. The van der Waals surface area contributed by atoms with Crippen molar-refractivity contribution in [2.45, 2.75) is 5.92 Å². The van der Waals surface area contributed by atoms with E-state index >= 15 is 0 Å². The molecule has 0 saturated carbocycles. The minimum Gasteiger partial charge on any atom is -0.309 e. The van der Waals surface area contributed by atoms with Gasteiger partial charge in [0, 0.05) is 44.1 Å². The SMILES string of the molecule is C=C1C(n2c3ccc(-n4c5ccccc5c5ccc6ccccc6c54)cc3c3c4ccccc4ccc32)=Nc2ccccc2C1c1ccc(-c2ccccc2)c2ccccc12. The van der Waals surface area contributed by atoms with Crippen LogP contribution in [0.5, 0.6) is 0 Å². The van der Waals surface area contributed by atoms with Crippen LogP contribution < -0.4 is 0 Å². The van der Waals surface area contributed by atoms with Crippen molar-refractivity contribution in [2.24, 2.45) is 4.99 Å². The lowest BCUT2D eigenvalue weighted by atomic mass is 9.79. The first-order valence-electron chi connectivity index (χ1n) is 21.0. The molecule has 3 nitrogen and oxygen atoms in total. The summed E-state index contributed by atoms with van der Waals surface area (Å²) in [5.74, 6) is 0.752. The molecule has 0 fully saturated rings. The Balaban J connectivity index is 1.08. The van der Waals surface area contributed by atoms with Crippen LogP contribution in [0.1, 0.15) is 17.0 Å². The van der Waals surface area contributed by atoms with Gasteiger partial charge in [0.25, 0.3) is 0 Å². The molecule has 0 bridgehead atoms. The molecule has 0 radical (unpaired) electrons. The summed E-state index contributed by atoms with van der Waals surface area (Å²) in [6.07, 6.45) is 0. The van der Waals surface area contributed by atoms with E-state index in [-0.39, 0.29) is 5.92 Å². The predicted octanol–water partition coefficient (Wildman–Crippen LogP) is 15.3. The standard InChI is InChI=1S/C58H37N3/c1-36-55(47-32-31-41(37-15-3-2-4-16-37)44-21-9-10-22-45(44)47)49-24-11-13-25-51(49)59-58(36)61-53-34-29-40(35-50(53)56-42-19-7-5-17-38(42)28-33-54(56)61)60-52-26-14-12-23-46(52)48-30-27-39-18-6-8-20-43(39)57(48)60/h2-35,55H,1H2. The van der Waals surface area contributed by atoms with Gasteiger partial charge < -0.3 is 4.57 Å². The first-order valence-corrected chi connectivity index (χ1v) is 21.0. The Labute approximate surface area is 352 Å². The second-order valence-corrected chi connectivity index (χ2v) is 16.3. The normalized spacial score (nSPS) is 14.2. The van der Waals surface area contributed by atoms with E-state index in [2.05, 4.69) is 215 Å². The minimum atomic E-state index is -0.114. The number of allylic oxidation sites excluding steroid dienone is 1. The molecule has 0 saturated heterocycles. The van der Waals surface area contributed by atoms with E-state index in [0.29, 0.717) is 0 Å². The molecule has 1 aliphatic rings. The molecule has 284 valence electrons. The number of benzene rings is 10. The van der Waals surface area contributed by atoms with Gasteiger partial charge in [0.05, 0.1) is 27.8 Å². The molecule has 3 heteroatoms. The average Bonchev–Trinajstić information content (AvgIpc) is 3.84. The van der Waals surface area contributed by atoms with Crippen LogP contribution in [0.15, 0.2) is 223 Å². The molecule has 10 aromatic carbocycles. The minimum absolute atomic E-state index is 0.114. The topological polar surface area (TPSA) is 22.2 Å². The molecule has 0 aliphatic carbocycles. The lowest BCUT2D eigenvalue weighted by molar-refractivity contribution is 0.969. The summed E-state index contributed by atoms with van der Waals surface area (Å²) in [7, 11) is 0. The highest BCUT2D eigenvalue weighted by atomic mass is 15.1. The van der Waals surface area contributed by atoms with Crippen LogP contribution in [0.2, 0.25) is 0 Å². The molecule has 2 aromatic heterocycles. The van der Waals surface area contributed by atoms with E-state index in [0.717, 1.165) is 33.8 Å². The number of nitrogens with zero attached hydrogens (tertiary/aromatic N) is 3. The van der Waals surface area contributed by atoms with Crippen molar-refractivity contribution in [2.75, 3.05) is 0 Å². The zero-order valence-electron chi connectivity index (χ0n) is 33.3. The fraction of sp³-hybridized carbons (Fsp3) is 0.0172. The van der Waals surface area contributed by atoms with Gasteiger partial charge in [-0.1, -0.05) is 176 Å². The third kappa shape index (κ3) is 4.89. The van der Waals surface area contributed by atoms with Gasteiger partial charge in [0.15, 0.2) is 0 Å². The van der Waals surface area contributed by atoms with Crippen molar-refractivity contribution in [1.82, 2.24) is 9.13 Å². The maximum atomic E-state index is 5.53. The largest absolute Gasteiger partial charge is 0.309 e. The van der Waals surface area contributed by atoms with E-state index in [1.165, 1.54) is 87.1 Å². The van der Waals surface area contributed by atoms with Gasteiger partial charge in [-0.25, -0.2) is 4.99 Å². The quantitative estimate of drug-likeness (QED) is 0.171. The van der Waals surface area contributed by atoms with E-state index in [9.17, 15) is 0 Å². The molecular formula is C58H37N3. The molecule has 1 aliphatic heterocycles. The molecule has 0 spiro atoms. The maximum absolute atomic E-state index is 5.53. The third-order valence-corrected chi connectivity index (χ3v) is 13.1. The van der Waals surface area contributed by atoms with Gasteiger partial charge in [-0.15, -0.1) is 0 Å². The lowest BCUT2D eigenvalue weighted by Gasteiger charge is -2.30. The van der Waals surface area contributed by atoms with Crippen LogP contribution in [-0.4, -0.2) is 15.0 Å². The molecule has 61 heavy (non-hydrogen) atoms. The zero-order chi connectivity index (χ0) is 40.2. The molecule has 1 unspecified atom stereocenters. The summed E-state index contributed by atoms with van der Waals surface area (Å²) in [6, 6.07) is 75.1. The molecule has 1 atom stereocenters. The third-order valence-electron chi connectivity index (χ3n) is 13.1. The molecule has 0 N–H and O–H groups in total. The Morgan fingerprint density at radius 1 is 0.410 bits per heavy atom. The summed E-state index contributed by atoms with van der Waals surface area (Å²) >= 11 is 0. The monoisotopic (exact) mass is 775 g/mol.